The Morgan fingerprint density at radius 2 is 0.730 bits per heavy atom. The molecule has 9 nitrogen and oxygen atoms in total. The van der Waals surface area contributed by atoms with E-state index in [-0.39, 0.29) is 0 Å². The van der Waals surface area contributed by atoms with Crippen molar-refractivity contribution in [3.63, 3.8) is 0 Å². The molecule has 9 rings (SSSR count). The van der Waals surface area contributed by atoms with Crippen LogP contribution >= 0.6 is 24.8 Å². The lowest BCUT2D eigenvalue weighted by atomic mass is 9.92. The zero-order valence-corrected chi connectivity index (χ0v) is 37.8. The van der Waals surface area contributed by atoms with E-state index in [1.165, 1.54) is 0 Å². The fraction of sp³-hybridized carbons (Fsp3) is 0.135. The Morgan fingerprint density at radius 1 is 0.397 bits per heavy atom. The van der Waals surface area contributed by atoms with Gasteiger partial charge in [-0.15, -0.1) is 12.6 Å². The minimum absolute atomic E-state index is 0.638. The zero-order valence-electron chi connectivity index (χ0n) is 36.1. The smallest absolute Gasteiger partial charge is 0.159 e. The predicted octanol–water partition coefficient (Wildman–Crippen LogP) is 12.7. The van der Waals surface area contributed by atoms with Crippen LogP contribution in [-0.4, -0.2) is 44.9 Å². The van der Waals surface area contributed by atoms with E-state index >= 15 is 0 Å². The molecule has 1 N–H and O–H groups in total. The Labute approximate surface area is 378 Å². The molecule has 0 radical (unpaired) electrons. The lowest BCUT2D eigenvalue weighted by Crippen LogP contribution is -1.95. The molecule has 63 heavy (non-hydrogen) atoms. The standard InChI is InChI=1S/C42H36N6.C10H9N3S2/c1-25-19-26(2)44-40(43-25)34-13-7-31(8-14-34)37-22-38(32-9-15-35(16-10-32)41-45-27(3)20-28(4)46-41)24-39(23-37)33-11-17-36(18-12-33)42-47-29(5)21-30(6)48-42;1-6-9(14)12-8(13-10(6)15)7-4-2-3-5-11-7/h7-24H,1-6H3;2-5H,1H3,(H2,12,13,14,15). The molecule has 0 saturated heterocycles. The normalized spacial score (nSPS) is 10.9. The molecule has 0 amide bonds. The van der Waals surface area contributed by atoms with E-state index < -0.39 is 0 Å². The van der Waals surface area contributed by atoms with E-state index in [1.54, 1.807) is 6.20 Å². The van der Waals surface area contributed by atoms with Gasteiger partial charge in [-0.05, 0) is 130 Å². The number of H-pyrrole nitrogens is 1. The van der Waals surface area contributed by atoms with Gasteiger partial charge in [0.1, 0.15) is 15.4 Å². The number of aryl methyl sites for hydroxylation is 6. The summed E-state index contributed by atoms with van der Waals surface area (Å²) in [5, 5.41) is 0.638. The number of hydrogen-bond acceptors (Lipinski definition) is 10. The quantitative estimate of drug-likeness (QED) is 0.0917. The molecule has 0 aliphatic heterocycles. The van der Waals surface area contributed by atoms with Gasteiger partial charge < -0.3 is 4.98 Å². The molecule has 0 fully saturated rings. The van der Waals surface area contributed by atoms with Gasteiger partial charge in [-0.1, -0.05) is 91.1 Å². The Balaban J connectivity index is 0.000000306. The second-order valence-corrected chi connectivity index (χ2v) is 16.4. The largest absolute Gasteiger partial charge is 0.329 e. The zero-order chi connectivity index (χ0) is 44.2. The van der Waals surface area contributed by atoms with Crippen LogP contribution < -0.4 is 0 Å². The van der Waals surface area contributed by atoms with Gasteiger partial charge in [-0.2, -0.15) is 0 Å². The maximum absolute atomic E-state index is 5.16. The number of nitrogens with one attached hydrogen (secondary N) is 1. The van der Waals surface area contributed by atoms with Crippen LogP contribution in [0.5, 0.6) is 0 Å². The van der Waals surface area contributed by atoms with Crippen LogP contribution in [-0.2, 0) is 0 Å². The van der Waals surface area contributed by atoms with Crippen LogP contribution in [0.3, 0.4) is 0 Å². The fourth-order valence-corrected chi connectivity index (χ4v) is 7.75. The van der Waals surface area contributed by atoms with Gasteiger partial charge in [0.25, 0.3) is 0 Å². The van der Waals surface area contributed by atoms with Gasteiger partial charge in [0.2, 0.25) is 0 Å². The highest BCUT2D eigenvalue weighted by molar-refractivity contribution is 7.80. The fourth-order valence-electron chi connectivity index (χ4n) is 7.27. The molecule has 0 aliphatic carbocycles. The molecule has 5 aromatic heterocycles. The van der Waals surface area contributed by atoms with Crippen LogP contribution in [0.4, 0.5) is 0 Å². The summed E-state index contributed by atoms with van der Waals surface area (Å²) in [6.45, 7) is 13.9. The topological polar surface area (TPSA) is 119 Å². The van der Waals surface area contributed by atoms with Crippen molar-refractivity contribution in [2.75, 3.05) is 0 Å². The molecule has 0 bridgehead atoms. The van der Waals surface area contributed by atoms with Gasteiger partial charge in [-0.3, -0.25) is 4.98 Å². The van der Waals surface area contributed by atoms with Crippen LogP contribution in [0.1, 0.15) is 39.7 Å². The third-order valence-corrected chi connectivity index (χ3v) is 11.2. The average molecular weight is 860 g/mol. The number of nitrogens with zero attached hydrogens (tertiary/aromatic N) is 8. The lowest BCUT2D eigenvalue weighted by Gasteiger charge is -2.13. The number of aromatic nitrogens is 9. The predicted molar refractivity (Wildman–Crippen MR) is 259 cm³/mol. The second-order valence-electron chi connectivity index (χ2n) is 15.5. The van der Waals surface area contributed by atoms with Gasteiger partial charge in [0.15, 0.2) is 23.3 Å². The van der Waals surface area contributed by atoms with Gasteiger partial charge in [0.05, 0.1) is 0 Å². The Kier molecular flexibility index (Phi) is 12.5. The minimum atomic E-state index is 0.638. The molecule has 310 valence electrons. The summed E-state index contributed by atoms with van der Waals surface area (Å²) in [6, 6.07) is 43.9. The first kappa shape index (κ1) is 42.6. The summed E-state index contributed by atoms with van der Waals surface area (Å²) in [5.41, 5.74) is 17.1. The van der Waals surface area contributed by atoms with E-state index in [1.807, 2.05) is 84.9 Å². The van der Waals surface area contributed by atoms with Crippen molar-refractivity contribution in [1.29, 1.82) is 0 Å². The molecule has 0 spiro atoms. The van der Waals surface area contributed by atoms with E-state index in [9.17, 15) is 0 Å². The highest BCUT2D eigenvalue weighted by atomic mass is 32.1. The van der Waals surface area contributed by atoms with Crippen molar-refractivity contribution in [3.8, 4) is 79.1 Å². The van der Waals surface area contributed by atoms with Gasteiger partial charge >= 0.3 is 0 Å². The third-order valence-electron chi connectivity index (χ3n) is 10.3. The minimum Gasteiger partial charge on any atom is -0.329 e. The van der Waals surface area contributed by atoms with Gasteiger partial charge in [0, 0.05) is 62.6 Å². The Bertz CT molecular complexity index is 2820. The first-order chi connectivity index (χ1) is 30.3. The van der Waals surface area contributed by atoms with Crippen LogP contribution in [0.15, 0.2) is 139 Å². The second kappa shape index (κ2) is 18.5. The van der Waals surface area contributed by atoms with E-state index in [0.29, 0.717) is 15.5 Å². The van der Waals surface area contributed by atoms with Crippen LogP contribution in [0.2, 0.25) is 0 Å². The summed E-state index contributed by atoms with van der Waals surface area (Å²) >= 11 is 9.42. The lowest BCUT2D eigenvalue weighted by molar-refractivity contribution is 0.996. The number of hydrogen-bond donors (Lipinski definition) is 2. The Hall–Kier alpha value is -7.08. The van der Waals surface area contributed by atoms with Crippen LogP contribution in [0, 0.1) is 53.1 Å². The summed E-state index contributed by atoms with van der Waals surface area (Å²) < 4.78 is 0.649. The average Bonchev–Trinajstić information content (AvgIpc) is 3.27. The van der Waals surface area contributed by atoms with E-state index in [2.05, 4.69) is 148 Å². The molecule has 0 aliphatic rings. The number of benzene rings is 4. The van der Waals surface area contributed by atoms with Crippen molar-refractivity contribution < 1.29 is 0 Å². The molecule has 11 heteroatoms. The van der Waals surface area contributed by atoms with Crippen LogP contribution in [0.25, 0.3) is 79.1 Å². The molecule has 0 unspecified atom stereocenters. The van der Waals surface area contributed by atoms with Gasteiger partial charge in [-0.25, -0.2) is 34.9 Å². The molecule has 0 atom stereocenters. The molecule has 4 aromatic carbocycles. The van der Waals surface area contributed by atoms with Crippen molar-refractivity contribution >= 4 is 24.8 Å². The summed E-state index contributed by atoms with van der Waals surface area (Å²) in [4.78, 5) is 39.5. The summed E-state index contributed by atoms with van der Waals surface area (Å²) in [7, 11) is 0. The van der Waals surface area contributed by atoms with Crippen molar-refractivity contribution in [1.82, 2.24) is 44.9 Å². The van der Waals surface area contributed by atoms with Crippen molar-refractivity contribution in [3.05, 3.63) is 178 Å². The third kappa shape index (κ3) is 10.2. The molecule has 9 aromatic rings. The summed E-state index contributed by atoms with van der Waals surface area (Å²) in [6.07, 6.45) is 1.71. The van der Waals surface area contributed by atoms with E-state index in [0.717, 1.165) is 113 Å². The first-order valence-electron chi connectivity index (χ1n) is 20.5. The number of pyridine rings is 1. The number of aromatic amines is 1. The highest BCUT2D eigenvalue weighted by Crippen LogP contribution is 2.35. The highest BCUT2D eigenvalue weighted by Gasteiger charge is 2.12. The van der Waals surface area contributed by atoms with Crippen molar-refractivity contribution in [2.24, 2.45) is 0 Å². The number of rotatable bonds is 7. The molecule has 5 heterocycles. The maximum Gasteiger partial charge on any atom is 0.159 e. The molecular formula is C52H45N9S2. The number of thiol groups is 1. The SMILES string of the molecule is Cc1c(S)nc(-c2ccccn2)[nH]c1=S.Cc1cc(C)nc(-c2ccc(-c3cc(-c4ccc(-c5nc(C)cc(C)n5)cc4)cc(-c4ccc(-c5nc(C)cc(C)n5)cc4)c3)cc2)n1. The monoisotopic (exact) mass is 859 g/mol. The molecule has 0 saturated carbocycles. The molecular weight excluding hydrogens is 815 g/mol. The maximum atomic E-state index is 5.16. The first-order valence-corrected chi connectivity index (χ1v) is 21.4. The summed E-state index contributed by atoms with van der Waals surface area (Å²) in [5.74, 6) is 2.88. The van der Waals surface area contributed by atoms with E-state index in [4.69, 9.17) is 12.2 Å². The Morgan fingerprint density at radius 3 is 1.03 bits per heavy atom. The van der Waals surface area contributed by atoms with Crippen molar-refractivity contribution in [2.45, 2.75) is 53.5 Å².